The van der Waals surface area contributed by atoms with Crippen molar-refractivity contribution in [3.8, 4) is 5.75 Å². The Morgan fingerprint density at radius 1 is 1.05 bits per heavy atom. The van der Waals surface area contributed by atoms with E-state index < -0.39 is 0 Å². The molecular weight excluding hydrogens is 276 g/mol. The third-order valence-corrected chi connectivity index (χ3v) is 3.97. The first-order valence-corrected chi connectivity index (χ1v) is 7.59. The molecule has 2 aromatic rings. The van der Waals surface area contributed by atoms with Gasteiger partial charge >= 0.3 is 6.03 Å². The van der Waals surface area contributed by atoms with Gasteiger partial charge in [-0.05, 0) is 55.0 Å². The van der Waals surface area contributed by atoms with Crippen LogP contribution >= 0.6 is 0 Å². The Balaban J connectivity index is 1.72. The lowest BCUT2D eigenvalue weighted by atomic mass is 9.90. The van der Waals surface area contributed by atoms with Crippen molar-refractivity contribution in [1.29, 1.82) is 0 Å². The van der Waals surface area contributed by atoms with E-state index in [1.54, 1.807) is 13.2 Å². The normalized spacial score (nSPS) is 13.1. The lowest BCUT2D eigenvalue weighted by molar-refractivity contribution is 0.262. The fourth-order valence-corrected chi connectivity index (χ4v) is 2.88. The smallest absolute Gasteiger partial charge is 0.323 e. The highest BCUT2D eigenvalue weighted by molar-refractivity contribution is 6.00. The third kappa shape index (κ3) is 3.22. The minimum Gasteiger partial charge on any atom is -0.497 e. The number of amides is 2. The van der Waals surface area contributed by atoms with E-state index >= 15 is 0 Å². The third-order valence-electron chi connectivity index (χ3n) is 3.97. The van der Waals surface area contributed by atoms with E-state index in [1.807, 2.05) is 30.3 Å². The Labute approximate surface area is 130 Å². The number of anilines is 2. The van der Waals surface area contributed by atoms with Gasteiger partial charge in [0.15, 0.2) is 0 Å². The molecule has 2 N–H and O–H groups in total. The maximum absolute atomic E-state index is 12.2. The second kappa shape index (κ2) is 6.52. The first-order valence-electron chi connectivity index (χ1n) is 7.59. The van der Waals surface area contributed by atoms with Crippen LogP contribution < -0.4 is 15.4 Å². The fourth-order valence-electron chi connectivity index (χ4n) is 2.88. The highest BCUT2D eigenvalue weighted by atomic mass is 16.5. The molecule has 4 heteroatoms. The number of carbonyl (C=O) groups excluding carboxylic acids is 1. The van der Waals surface area contributed by atoms with Gasteiger partial charge in [-0.25, -0.2) is 4.79 Å². The molecule has 0 unspecified atom stereocenters. The lowest BCUT2D eigenvalue weighted by Crippen LogP contribution is -2.21. The quantitative estimate of drug-likeness (QED) is 0.891. The SMILES string of the molecule is COc1cccc(NC(=O)Nc2cccc3c2CCCC3)c1. The van der Waals surface area contributed by atoms with Crippen LogP contribution in [-0.4, -0.2) is 13.1 Å². The standard InChI is InChI=1S/C18H20N2O2/c1-22-15-9-5-8-14(12-15)19-18(21)20-17-11-4-7-13-6-2-3-10-16(13)17/h4-5,7-9,11-12H,2-3,6,10H2,1H3,(H2,19,20,21). The minimum absolute atomic E-state index is 0.229. The second-order valence-corrected chi connectivity index (χ2v) is 5.46. The van der Waals surface area contributed by atoms with Crippen molar-refractivity contribution >= 4 is 17.4 Å². The Hall–Kier alpha value is -2.49. The van der Waals surface area contributed by atoms with Crippen LogP contribution in [-0.2, 0) is 12.8 Å². The largest absolute Gasteiger partial charge is 0.497 e. The first kappa shape index (κ1) is 14.4. The van der Waals surface area contributed by atoms with Gasteiger partial charge in [-0.2, -0.15) is 0 Å². The number of ether oxygens (including phenoxy) is 1. The molecule has 4 nitrogen and oxygen atoms in total. The van der Waals surface area contributed by atoms with Crippen LogP contribution in [0.25, 0.3) is 0 Å². The van der Waals surface area contributed by atoms with Crippen LogP contribution in [0.1, 0.15) is 24.0 Å². The van der Waals surface area contributed by atoms with Gasteiger partial charge in [0.2, 0.25) is 0 Å². The zero-order valence-corrected chi connectivity index (χ0v) is 12.7. The second-order valence-electron chi connectivity index (χ2n) is 5.46. The van der Waals surface area contributed by atoms with Crippen molar-refractivity contribution in [1.82, 2.24) is 0 Å². The molecule has 0 saturated heterocycles. The van der Waals surface area contributed by atoms with Crippen LogP contribution in [0.15, 0.2) is 42.5 Å². The molecule has 0 bridgehead atoms. The summed E-state index contributed by atoms with van der Waals surface area (Å²) in [7, 11) is 1.61. The molecule has 0 fully saturated rings. The molecule has 0 saturated carbocycles. The topological polar surface area (TPSA) is 50.4 Å². The van der Waals surface area contributed by atoms with E-state index in [-0.39, 0.29) is 6.03 Å². The molecule has 3 rings (SSSR count). The Bertz CT molecular complexity index is 683. The molecule has 1 aliphatic rings. The number of benzene rings is 2. The van der Waals surface area contributed by atoms with Crippen LogP contribution in [0.5, 0.6) is 5.75 Å². The van der Waals surface area contributed by atoms with Crippen molar-refractivity contribution in [2.45, 2.75) is 25.7 Å². The maximum atomic E-state index is 12.2. The number of hydrogen-bond acceptors (Lipinski definition) is 2. The summed E-state index contributed by atoms with van der Waals surface area (Å²) in [5.41, 5.74) is 4.25. The summed E-state index contributed by atoms with van der Waals surface area (Å²) in [4.78, 5) is 12.2. The minimum atomic E-state index is -0.229. The summed E-state index contributed by atoms with van der Waals surface area (Å²) >= 11 is 0. The van der Waals surface area contributed by atoms with Gasteiger partial charge < -0.3 is 15.4 Å². The van der Waals surface area contributed by atoms with Crippen molar-refractivity contribution in [2.75, 3.05) is 17.7 Å². The fraction of sp³-hybridized carbons (Fsp3) is 0.278. The summed E-state index contributed by atoms with van der Waals surface area (Å²) < 4.78 is 5.16. The predicted molar refractivity (Wildman–Crippen MR) is 88.7 cm³/mol. The summed E-state index contributed by atoms with van der Waals surface area (Å²) in [6, 6.07) is 13.2. The summed E-state index contributed by atoms with van der Waals surface area (Å²) in [6.07, 6.45) is 4.54. The van der Waals surface area contributed by atoms with Crippen LogP contribution in [0.4, 0.5) is 16.2 Å². The van der Waals surface area contributed by atoms with Gasteiger partial charge in [0.05, 0.1) is 7.11 Å². The Morgan fingerprint density at radius 2 is 1.86 bits per heavy atom. The number of nitrogens with one attached hydrogen (secondary N) is 2. The van der Waals surface area contributed by atoms with E-state index in [4.69, 9.17) is 4.74 Å². The number of hydrogen-bond donors (Lipinski definition) is 2. The number of rotatable bonds is 3. The van der Waals surface area contributed by atoms with Crippen LogP contribution in [0, 0.1) is 0 Å². The Kier molecular flexibility index (Phi) is 4.28. The van der Waals surface area contributed by atoms with Gasteiger partial charge in [0.1, 0.15) is 5.75 Å². The molecule has 0 atom stereocenters. The van der Waals surface area contributed by atoms with Crippen LogP contribution in [0.3, 0.4) is 0 Å². The van der Waals surface area contributed by atoms with E-state index in [0.717, 1.165) is 24.3 Å². The van der Waals surface area contributed by atoms with Crippen molar-refractivity contribution in [3.63, 3.8) is 0 Å². The highest BCUT2D eigenvalue weighted by Gasteiger charge is 2.14. The van der Waals surface area contributed by atoms with Gasteiger partial charge in [-0.15, -0.1) is 0 Å². The molecular formula is C18H20N2O2. The van der Waals surface area contributed by atoms with Gasteiger partial charge in [0, 0.05) is 17.4 Å². The zero-order valence-electron chi connectivity index (χ0n) is 12.7. The number of aryl methyl sites for hydroxylation is 1. The zero-order chi connectivity index (χ0) is 15.4. The molecule has 0 heterocycles. The van der Waals surface area contributed by atoms with Gasteiger partial charge in [0.25, 0.3) is 0 Å². The van der Waals surface area contributed by atoms with Crippen molar-refractivity contribution in [3.05, 3.63) is 53.6 Å². The monoisotopic (exact) mass is 296 g/mol. The number of methoxy groups -OCH3 is 1. The van der Waals surface area contributed by atoms with Crippen molar-refractivity contribution in [2.24, 2.45) is 0 Å². The molecule has 0 aromatic heterocycles. The molecule has 0 radical (unpaired) electrons. The van der Waals surface area contributed by atoms with Gasteiger partial charge in [-0.1, -0.05) is 18.2 Å². The van der Waals surface area contributed by atoms with E-state index in [2.05, 4.69) is 16.7 Å². The maximum Gasteiger partial charge on any atom is 0.323 e. The molecule has 0 spiro atoms. The van der Waals surface area contributed by atoms with Crippen molar-refractivity contribution < 1.29 is 9.53 Å². The van der Waals surface area contributed by atoms with Crippen LogP contribution in [0.2, 0.25) is 0 Å². The molecule has 2 aromatic carbocycles. The Morgan fingerprint density at radius 3 is 2.73 bits per heavy atom. The molecule has 22 heavy (non-hydrogen) atoms. The molecule has 114 valence electrons. The molecule has 0 aliphatic heterocycles. The van der Waals surface area contributed by atoms with Gasteiger partial charge in [-0.3, -0.25) is 0 Å². The lowest BCUT2D eigenvalue weighted by Gasteiger charge is -2.19. The average Bonchev–Trinajstić information content (AvgIpc) is 2.55. The average molecular weight is 296 g/mol. The van der Waals surface area contributed by atoms with E-state index in [9.17, 15) is 4.79 Å². The molecule has 1 aliphatic carbocycles. The highest BCUT2D eigenvalue weighted by Crippen LogP contribution is 2.28. The first-order chi connectivity index (χ1) is 10.8. The summed E-state index contributed by atoms with van der Waals surface area (Å²) in [6.45, 7) is 0. The van der Waals surface area contributed by atoms with E-state index in [1.165, 1.54) is 24.0 Å². The summed E-state index contributed by atoms with van der Waals surface area (Å²) in [5.74, 6) is 0.717. The predicted octanol–water partition coefficient (Wildman–Crippen LogP) is 4.22. The number of carbonyl (C=O) groups is 1. The van der Waals surface area contributed by atoms with E-state index in [0.29, 0.717) is 5.69 Å². The number of urea groups is 1. The molecule has 2 amide bonds. The number of fused-ring (bicyclic) bond motifs is 1. The summed E-state index contributed by atoms with van der Waals surface area (Å²) in [5, 5.41) is 5.81.